The van der Waals surface area contributed by atoms with Crippen LogP contribution in [-0.2, 0) is 4.74 Å². The van der Waals surface area contributed by atoms with Crippen LogP contribution in [0.4, 0.5) is 0 Å². The van der Waals surface area contributed by atoms with E-state index >= 15 is 0 Å². The lowest BCUT2D eigenvalue weighted by Gasteiger charge is -2.13. The van der Waals surface area contributed by atoms with E-state index in [1.165, 1.54) is 7.11 Å². The molecule has 3 nitrogen and oxygen atoms in total. The molecule has 0 unspecified atom stereocenters. The average molecular weight is 205 g/mol. The van der Waals surface area contributed by atoms with Crippen LogP contribution >= 0.6 is 0 Å². The number of carbonyl (C=O) groups excluding carboxylic acids is 1. The first kappa shape index (κ1) is 11.8. The van der Waals surface area contributed by atoms with E-state index in [1.54, 1.807) is 6.92 Å². The van der Waals surface area contributed by atoms with Gasteiger partial charge in [0.2, 0.25) is 0 Å². The molecule has 79 valence electrons. The topological polar surface area (TPSA) is 46.5 Å². The van der Waals surface area contributed by atoms with Crippen LogP contribution in [0.2, 0.25) is 0 Å². The molecule has 0 aliphatic heterocycles. The predicted molar refractivity (Wildman–Crippen MR) is 59.6 cm³/mol. The Bertz CT molecular complexity index is 399. The lowest BCUT2D eigenvalue weighted by molar-refractivity contribution is 0.0599. The Kier molecular flexibility index (Phi) is 3.53. The van der Waals surface area contributed by atoms with Gasteiger partial charge < -0.3 is 9.76 Å². The molecule has 1 aromatic rings. The number of hydrogen-bond acceptors (Lipinski definition) is 3. The summed E-state index contributed by atoms with van der Waals surface area (Å²) in [6, 6.07) is 1.86. The summed E-state index contributed by atoms with van der Waals surface area (Å²) in [5.74, 6) is -0.367. The highest BCUT2D eigenvalue weighted by Gasteiger charge is 2.17. The van der Waals surface area contributed by atoms with Crippen molar-refractivity contribution >= 4 is 18.9 Å². The maximum Gasteiger partial charge on any atom is 0.338 e. The number of aryl methyl sites for hydroxylation is 2. The number of carbonyl (C=O) groups is 1. The van der Waals surface area contributed by atoms with Crippen molar-refractivity contribution in [2.24, 2.45) is 0 Å². The van der Waals surface area contributed by atoms with Gasteiger partial charge in [-0.05, 0) is 37.4 Å². The quantitative estimate of drug-likeness (QED) is 0.569. The summed E-state index contributed by atoms with van der Waals surface area (Å²) in [5.41, 5.74) is 3.77. The fourth-order valence-corrected chi connectivity index (χ4v) is 1.82. The highest BCUT2D eigenvalue weighted by atomic mass is 16.5. The molecule has 0 fully saturated rings. The van der Waals surface area contributed by atoms with Crippen molar-refractivity contribution in [2.45, 2.75) is 20.8 Å². The number of benzene rings is 1. The first-order valence-corrected chi connectivity index (χ1v) is 4.69. The Labute approximate surface area is 90.3 Å². The van der Waals surface area contributed by atoms with Crippen LogP contribution in [0, 0.1) is 20.8 Å². The molecular formula is C11H14BO3. The van der Waals surface area contributed by atoms with E-state index < -0.39 is 0 Å². The molecule has 1 rings (SSSR count). The van der Waals surface area contributed by atoms with Gasteiger partial charge in [-0.1, -0.05) is 11.6 Å². The monoisotopic (exact) mass is 205 g/mol. The molecule has 0 heterocycles. The highest BCUT2D eigenvalue weighted by Crippen LogP contribution is 2.15. The van der Waals surface area contributed by atoms with E-state index in [2.05, 4.69) is 0 Å². The summed E-state index contributed by atoms with van der Waals surface area (Å²) < 4.78 is 4.70. The van der Waals surface area contributed by atoms with E-state index in [0.29, 0.717) is 11.0 Å². The van der Waals surface area contributed by atoms with E-state index in [0.717, 1.165) is 24.2 Å². The fourth-order valence-electron chi connectivity index (χ4n) is 1.82. The minimum Gasteiger partial charge on any atom is -0.465 e. The molecule has 4 heteroatoms. The van der Waals surface area contributed by atoms with Crippen molar-refractivity contribution in [3.63, 3.8) is 0 Å². The minimum atomic E-state index is -0.367. The summed E-state index contributed by atoms with van der Waals surface area (Å²) in [6.45, 7) is 5.55. The van der Waals surface area contributed by atoms with Crippen molar-refractivity contribution in [2.75, 3.05) is 7.11 Å². The Morgan fingerprint density at radius 3 is 2.40 bits per heavy atom. The molecule has 0 bridgehead atoms. The zero-order valence-electron chi connectivity index (χ0n) is 9.42. The van der Waals surface area contributed by atoms with Crippen molar-refractivity contribution in [1.82, 2.24) is 0 Å². The molecule has 0 atom stereocenters. The van der Waals surface area contributed by atoms with Crippen molar-refractivity contribution in [1.29, 1.82) is 0 Å². The van der Waals surface area contributed by atoms with Crippen LogP contribution in [0.25, 0.3) is 0 Å². The van der Waals surface area contributed by atoms with Gasteiger partial charge in [0, 0.05) is 0 Å². The zero-order chi connectivity index (χ0) is 11.6. The van der Waals surface area contributed by atoms with Crippen LogP contribution in [-0.4, -0.2) is 25.6 Å². The predicted octanol–water partition coefficient (Wildman–Crippen LogP) is 0.635. The fraction of sp³-hybridized carbons (Fsp3) is 0.364. The van der Waals surface area contributed by atoms with E-state index in [9.17, 15) is 4.79 Å². The number of esters is 1. The maximum atomic E-state index is 11.5. The van der Waals surface area contributed by atoms with Crippen LogP contribution in [0.1, 0.15) is 27.0 Å². The molecule has 1 N–H and O–H groups in total. The second kappa shape index (κ2) is 4.49. The van der Waals surface area contributed by atoms with Crippen LogP contribution in [0.5, 0.6) is 0 Å². The third-order valence-corrected chi connectivity index (χ3v) is 2.55. The normalized spacial score (nSPS) is 9.93. The Morgan fingerprint density at radius 1 is 1.33 bits per heavy atom. The number of ether oxygens (including phenoxy) is 1. The van der Waals surface area contributed by atoms with E-state index in [4.69, 9.17) is 9.76 Å². The second-order valence-electron chi connectivity index (χ2n) is 3.54. The number of rotatable bonds is 2. The molecule has 0 saturated heterocycles. The smallest absolute Gasteiger partial charge is 0.338 e. The molecule has 15 heavy (non-hydrogen) atoms. The minimum absolute atomic E-state index is 0.367. The van der Waals surface area contributed by atoms with Crippen molar-refractivity contribution in [3.05, 3.63) is 28.3 Å². The van der Waals surface area contributed by atoms with Gasteiger partial charge in [-0.2, -0.15) is 0 Å². The number of methoxy groups -OCH3 is 1. The summed E-state index contributed by atoms with van der Waals surface area (Å²) in [6.07, 6.45) is 0. The second-order valence-corrected chi connectivity index (χ2v) is 3.54. The SMILES string of the molecule is COC(=O)c1c(C)cc(C)c([B]O)c1C. The molecule has 1 radical (unpaired) electrons. The Balaban J connectivity index is 3.45. The summed E-state index contributed by atoms with van der Waals surface area (Å²) in [7, 11) is 2.37. The molecule has 0 amide bonds. The first-order valence-electron chi connectivity index (χ1n) is 4.69. The lowest BCUT2D eigenvalue weighted by Crippen LogP contribution is -2.25. The van der Waals surface area contributed by atoms with Gasteiger partial charge in [0.25, 0.3) is 0 Å². The Hall–Kier alpha value is -1.29. The first-order chi connectivity index (χ1) is 7.02. The summed E-state index contributed by atoms with van der Waals surface area (Å²) in [5, 5.41) is 9.09. The zero-order valence-corrected chi connectivity index (χ0v) is 9.42. The van der Waals surface area contributed by atoms with E-state index in [-0.39, 0.29) is 5.97 Å². The van der Waals surface area contributed by atoms with Gasteiger partial charge in [-0.3, -0.25) is 0 Å². The van der Waals surface area contributed by atoms with Crippen LogP contribution < -0.4 is 5.46 Å². The lowest BCUT2D eigenvalue weighted by atomic mass is 9.78. The van der Waals surface area contributed by atoms with Crippen molar-refractivity contribution in [3.8, 4) is 0 Å². The maximum absolute atomic E-state index is 11.5. The largest absolute Gasteiger partial charge is 0.465 e. The third-order valence-electron chi connectivity index (χ3n) is 2.55. The Morgan fingerprint density at radius 2 is 1.93 bits per heavy atom. The third kappa shape index (κ3) is 2.05. The van der Waals surface area contributed by atoms with Gasteiger partial charge in [0.05, 0.1) is 12.7 Å². The highest BCUT2D eigenvalue weighted by molar-refractivity contribution is 6.47. The average Bonchev–Trinajstić information content (AvgIpc) is 2.17. The summed E-state index contributed by atoms with van der Waals surface area (Å²) >= 11 is 0. The van der Waals surface area contributed by atoms with Crippen LogP contribution in [0.15, 0.2) is 6.07 Å². The van der Waals surface area contributed by atoms with Gasteiger partial charge in [-0.25, -0.2) is 4.79 Å². The van der Waals surface area contributed by atoms with E-state index in [1.807, 2.05) is 19.9 Å². The number of hydrogen-bond donors (Lipinski definition) is 1. The molecule has 0 saturated carbocycles. The van der Waals surface area contributed by atoms with Gasteiger partial charge in [-0.15, -0.1) is 0 Å². The molecular weight excluding hydrogens is 191 g/mol. The molecule has 0 aliphatic carbocycles. The molecule has 0 aliphatic rings. The van der Waals surface area contributed by atoms with Crippen LogP contribution in [0.3, 0.4) is 0 Å². The van der Waals surface area contributed by atoms with Gasteiger partial charge in [0.15, 0.2) is 0 Å². The molecule has 1 aromatic carbocycles. The van der Waals surface area contributed by atoms with Gasteiger partial charge in [0.1, 0.15) is 0 Å². The molecule has 0 spiro atoms. The molecule has 0 aromatic heterocycles. The summed E-state index contributed by atoms with van der Waals surface area (Å²) in [4.78, 5) is 11.5. The standard InChI is InChI=1S/C11H14BO3/c1-6-5-7(2)10(12-14)8(3)9(6)11(13)15-4/h5,14H,1-4H3. The van der Waals surface area contributed by atoms with Gasteiger partial charge >= 0.3 is 13.5 Å². The van der Waals surface area contributed by atoms with Crippen molar-refractivity contribution < 1.29 is 14.6 Å².